The number of aromatic nitrogens is 1. The highest BCUT2D eigenvalue weighted by Crippen LogP contribution is 2.23. The number of carbonyl (C=O) groups is 1. The van der Waals surface area contributed by atoms with Crippen LogP contribution in [-0.2, 0) is 34.1 Å². The molecule has 35 heavy (non-hydrogen) atoms. The molecule has 0 radical (unpaired) electrons. The average Bonchev–Trinajstić information content (AvgIpc) is 2.82. The van der Waals surface area contributed by atoms with Crippen LogP contribution in [0.5, 0.6) is 0 Å². The van der Waals surface area contributed by atoms with Crippen molar-refractivity contribution in [3.8, 4) is 0 Å². The summed E-state index contributed by atoms with van der Waals surface area (Å²) in [5.41, 5.74) is 8.24. The zero-order chi connectivity index (χ0) is 25.4. The lowest BCUT2D eigenvalue weighted by atomic mass is 9.93. The summed E-state index contributed by atoms with van der Waals surface area (Å²) in [6, 6.07) is 19.6. The Morgan fingerprint density at radius 2 is 1.74 bits per heavy atom. The first kappa shape index (κ1) is 26.7. The summed E-state index contributed by atoms with van der Waals surface area (Å²) in [5.74, 6) is -1.27. The number of aryl methyl sites for hydroxylation is 1. The van der Waals surface area contributed by atoms with Gasteiger partial charge < -0.3 is 10.8 Å². The molecule has 2 aromatic carbocycles. The molecule has 7 nitrogen and oxygen atoms in total. The van der Waals surface area contributed by atoms with E-state index in [-0.39, 0.29) is 17.4 Å². The molecule has 0 aliphatic rings. The highest BCUT2D eigenvalue weighted by Gasteiger charge is 2.26. The van der Waals surface area contributed by atoms with E-state index in [2.05, 4.69) is 22.3 Å². The first-order valence-electron chi connectivity index (χ1n) is 11.4. The van der Waals surface area contributed by atoms with Gasteiger partial charge in [0.05, 0.1) is 10.8 Å². The number of nitrogens with one attached hydrogen (secondary N) is 1. The Labute approximate surface area is 212 Å². The topological polar surface area (TPSA) is 122 Å². The van der Waals surface area contributed by atoms with Gasteiger partial charge in [-0.05, 0) is 67.5 Å². The molecule has 0 spiro atoms. The first-order valence-corrected chi connectivity index (χ1v) is 13.4. The lowest BCUT2D eigenvalue weighted by molar-refractivity contribution is -0.141. The Balaban J connectivity index is 1.62. The van der Waals surface area contributed by atoms with Crippen LogP contribution in [0, 0.1) is 5.92 Å². The number of sulfonamides is 1. The van der Waals surface area contributed by atoms with Crippen LogP contribution in [0.3, 0.4) is 0 Å². The number of hydrogen-bond donors (Lipinski definition) is 4. The fourth-order valence-corrected chi connectivity index (χ4v) is 5.60. The van der Waals surface area contributed by atoms with Crippen molar-refractivity contribution in [2.75, 3.05) is 5.73 Å². The number of nitrogen functional groups attached to an aromatic ring is 1. The highest BCUT2D eigenvalue weighted by atomic mass is 32.2. The van der Waals surface area contributed by atoms with Gasteiger partial charge in [-0.3, -0.25) is 4.79 Å². The highest BCUT2D eigenvalue weighted by molar-refractivity contribution is 7.89. The standard InChI is InChI=1S/C26H31N3O4S2/c1-18(14-19-6-3-2-4-7-19)29-35(32,33)22-9-5-8-20(15-22)10-12-24(34)23(26(30)31)16-21-11-13-25(27)28-17-21/h2-9,11,13,15,17-18,23-24,29,34H,10,12,14,16H2,1H3,(H2,27,28)(H,30,31). The van der Waals surface area contributed by atoms with E-state index in [1.165, 1.54) is 0 Å². The Kier molecular flexibility index (Phi) is 9.31. The van der Waals surface area contributed by atoms with Crippen LogP contribution in [0.25, 0.3) is 0 Å². The summed E-state index contributed by atoms with van der Waals surface area (Å²) in [6.45, 7) is 1.84. The third kappa shape index (κ3) is 8.09. The molecule has 9 heteroatoms. The largest absolute Gasteiger partial charge is 0.481 e. The van der Waals surface area contributed by atoms with E-state index < -0.39 is 27.2 Å². The molecule has 0 bridgehead atoms. The zero-order valence-electron chi connectivity index (χ0n) is 19.5. The fraction of sp³-hybridized carbons (Fsp3) is 0.308. The number of benzene rings is 2. The van der Waals surface area contributed by atoms with Crippen LogP contribution in [-0.4, -0.2) is 35.8 Å². The summed E-state index contributed by atoms with van der Waals surface area (Å²) in [6.07, 6.45) is 3.42. The quantitative estimate of drug-likeness (QED) is 0.274. The van der Waals surface area contributed by atoms with Crippen molar-refractivity contribution in [3.05, 3.63) is 89.6 Å². The lowest BCUT2D eigenvalue weighted by Gasteiger charge is -2.20. The molecule has 1 heterocycles. The van der Waals surface area contributed by atoms with Gasteiger partial charge in [-0.25, -0.2) is 18.1 Å². The number of rotatable bonds is 12. The second-order valence-electron chi connectivity index (χ2n) is 8.71. The number of nitrogens with two attached hydrogens (primary N) is 1. The third-order valence-electron chi connectivity index (χ3n) is 5.76. The molecule has 3 aromatic rings. The van der Waals surface area contributed by atoms with E-state index in [1.807, 2.05) is 43.3 Å². The normalized spacial score (nSPS) is 14.2. The molecule has 3 unspecified atom stereocenters. The molecule has 1 aromatic heterocycles. The van der Waals surface area contributed by atoms with Crippen LogP contribution in [0.4, 0.5) is 5.82 Å². The van der Waals surface area contributed by atoms with Crippen molar-refractivity contribution in [2.24, 2.45) is 5.92 Å². The maximum Gasteiger partial charge on any atom is 0.307 e. The van der Waals surface area contributed by atoms with Crippen molar-refractivity contribution in [1.29, 1.82) is 0 Å². The van der Waals surface area contributed by atoms with Gasteiger partial charge in [-0.15, -0.1) is 0 Å². The summed E-state index contributed by atoms with van der Waals surface area (Å²) < 4.78 is 28.6. The molecule has 4 N–H and O–H groups in total. The maximum absolute atomic E-state index is 12.9. The number of nitrogens with zero attached hydrogens (tertiary/aromatic N) is 1. The van der Waals surface area contributed by atoms with Crippen LogP contribution in [0.15, 0.2) is 77.8 Å². The van der Waals surface area contributed by atoms with Crippen LogP contribution in [0.1, 0.15) is 30.0 Å². The van der Waals surface area contributed by atoms with Crippen molar-refractivity contribution < 1.29 is 18.3 Å². The Morgan fingerprint density at radius 3 is 2.40 bits per heavy atom. The number of hydrogen-bond acceptors (Lipinski definition) is 6. The summed E-state index contributed by atoms with van der Waals surface area (Å²) in [7, 11) is -3.70. The number of carboxylic acids is 1. The zero-order valence-corrected chi connectivity index (χ0v) is 21.3. The predicted octanol–water partition coefficient (Wildman–Crippen LogP) is 3.75. The lowest BCUT2D eigenvalue weighted by Crippen LogP contribution is -2.34. The van der Waals surface area contributed by atoms with Gasteiger partial charge in [-0.1, -0.05) is 48.5 Å². The van der Waals surface area contributed by atoms with Gasteiger partial charge in [0.1, 0.15) is 5.82 Å². The molecule has 0 fully saturated rings. The summed E-state index contributed by atoms with van der Waals surface area (Å²) >= 11 is 4.56. The average molecular weight is 514 g/mol. The molecule has 0 aliphatic carbocycles. The SMILES string of the molecule is CC(Cc1ccccc1)NS(=O)(=O)c1cccc(CCC(S)C(Cc2ccc(N)nc2)C(=O)O)c1. The minimum Gasteiger partial charge on any atom is -0.481 e. The smallest absolute Gasteiger partial charge is 0.307 e. The summed E-state index contributed by atoms with van der Waals surface area (Å²) in [4.78, 5) is 16.1. The second-order valence-corrected chi connectivity index (χ2v) is 11.1. The number of carboxylic acid groups (broad SMARTS) is 1. The van der Waals surface area contributed by atoms with Crippen molar-refractivity contribution in [3.63, 3.8) is 0 Å². The number of thiol groups is 1. The minimum atomic E-state index is -3.70. The molecule has 3 atom stereocenters. The summed E-state index contributed by atoms with van der Waals surface area (Å²) in [5, 5.41) is 9.29. The van der Waals surface area contributed by atoms with E-state index in [0.717, 1.165) is 16.7 Å². The van der Waals surface area contributed by atoms with E-state index in [9.17, 15) is 18.3 Å². The van der Waals surface area contributed by atoms with E-state index >= 15 is 0 Å². The molecule has 0 saturated carbocycles. The second kappa shape index (κ2) is 12.2. The Morgan fingerprint density at radius 1 is 1.03 bits per heavy atom. The maximum atomic E-state index is 12.9. The Hall–Kier alpha value is -2.88. The van der Waals surface area contributed by atoms with Gasteiger partial charge in [0, 0.05) is 17.5 Å². The van der Waals surface area contributed by atoms with Crippen LogP contribution < -0.4 is 10.5 Å². The van der Waals surface area contributed by atoms with Crippen molar-refractivity contribution in [2.45, 2.75) is 48.8 Å². The molecular formula is C26H31N3O4S2. The minimum absolute atomic E-state index is 0.188. The fourth-order valence-electron chi connectivity index (χ4n) is 3.92. The van der Waals surface area contributed by atoms with Gasteiger partial charge in [0.15, 0.2) is 0 Å². The van der Waals surface area contributed by atoms with Crippen LogP contribution >= 0.6 is 12.6 Å². The van der Waals surface area contributed by atoms with E-state index in [4.69, 9.17) is 5.73 Å². The van der Waals surface area contributed by atoms with Gasteiger partial charge in [-0.2, -0.15) is 12.6 Å². The van der Waals surface area contributed by atoms with Gasteiger partial charge in [0.2, 0.25) is 10.0 Å². The molecule has 3 rings (SSSR count). The van der Waals surface area contributed by atoms with E-state index in [1.54, 1.807) is 36.5 Å². The molecule has 0 amide bonds. The number of aliphatic carboxylic acids is 1. The van der Waals surface area contributed by atoms with E-state index in [0.29, 0.717) is 25.1 Å². The van der Waals surface area contributed by atoms with Crippen LogP contribution in [0.2, 0.25) is 0 Å². The third-order valence-corrected chi connectivity index (χ3v) is 7.97. The van der Waals surface area contributed by atoms with Crippen molar-refractivity contribution in [1.82, 2.24) is 9.71 Å². The van der Waals surface area contributed by atoms with Crippen molar-refractivity contribution >= 4 is 34.4 Å². The van der Waals surface area contributed by atoms with Gasteiger partial charge >= 0.3 is 5.97 Å². The molecule has 186 valence electrons. The number of anilines is 1. The first-order chi connectivity index (χ1) is 16.6. The predicted molar refractivity (Wildman–Crippen MR) is 141 cm³/mol. The Bertz CT molecular complexity index is 1220. The van der Waals surface area contributed by atoms with Gasteiger partial charge in [0.25, 0.3) is 0 Å². The monoisotopic (exact) mass is 513 g/mol. The molecule has 0 saturated heterocycles. The number of pyridine rings is 1. The molecule has 0 aliphatic heterocycles. The molecular weight excluding hydrogens is 482 g/mol.